The van der Waals surface area contributed by atoms with Crippen molar-refractivity contribution in [1.82, 2.24) is 4.98 Å². The van der Waals surface area contributed by atoms with E-state index in [9.17, 15) is 10.1 Å². The standard InChI is InChI=1S/C6H4BrIN2O2/c1-3-4(7)2-5(10(11)12)6(8)9-3/h2H,1H3. The number of rotatable bonds is 1. The van der Waals surface area contributed by atoms with Crippen LogP contribution >= 0.6 is 38.5 Å². The van der Waals surface area contributed by atoms with E-state index in [-0.39, 0.29) is 5.69 Å². The Labute approximate surface area is 90.8 Å². The van der Waals surface area contributed by atoms with Crippen LogP contribution in [0.25, 0.3) is 0 Å². The molecule has 0 bridgehead atoms. The molecule has 0 N–H and O–H groups in total. The van der Waals surface area contributed by atoms with E-state index in [0.717, 1.165) is 5.69 Å². The maximum absolute atomic E-state index is 10.4. The number of nitro groups is 1. The van der Waals surface area contributed by atoms with Crippen molar-refractivity contribution >= 4 is 44.2 Å². The van der Waals surface area contributed by atoms with Gasteiger partial charge < -0.3 is 0 Å². The molecule has 1 rings (SSSR count). The smallest absolute Gasteiger partial charge is 0.258 e. The van der Waals surface area contributed by atoms with Crippen LogP contribution in [-0.4, -0.2) is 9.91 Å². The van der Waals surface area contributed by atoms with Crippen molar-refractivity contribution < 1.29 is 4.92 Å². The maximum atomic E-state index is 10.4. The average Bonchev–Trinajstić information content (AvgIpc) is 1.96. The normalized spacial score (nSPS) is 9.92. The monoisotopic (exact) mass is 342 g/mol. The molecule has 0 aromatic carbocycles. The van der Waals surface area contributed by atoms with Crippen molar-refractivity contribution in [1.29, 1.82) is 0 Å². The van der Waals surface area contributed by atoms with Crippen LogP contribution in [0.4, 0.5) is 5.69 Å². The summed E-state index contributed by atoms with van der Waals surface area (Å²) in [5.74, 6) is 0. The highest BCUT2D eigenvalue weighted by Gasteiger charge is 2.14. The molecule has 64 valence electrons. The Morgan fingerprint density at radius 2 is 2.33 bits per heavy atom. The molecule has 1 heterocycles. The molecule has 0 unspecified atom stereocenters. The largest absolute Gasteiger partial charge is 0.302 e. The van der Waals surface area contributed by atoms with Gasteiger partial charge in [-0.15, -0.1) is 0 Å². The number of aryl methyl sites for hydroxylation is 1. The molecule has 6 heteroatoms. The third-order valence-electron chi connectivity index (χ3n) is 1.28. The van der Waals surface area contributed by atoms with Gasteiger partial charge in [-0.2, -0.15) is 0 Å². The molecule has 12 heavy (non-hydrogen) atoms. The lowest BCUT2D eigenvalue weighted by atomic mass is 10.3. The molecule has 0 fully saturated rings. The van der Waals surface area contributed by atoms with Crippen molar-refractivity contribution in [2.45, 2.75) is 6.92 Å². The van der Waals surface area contributed by atoms with E-state index in [0.29, 0.717) is 8.17 Å². The van der Waals surface area contributed by atoms with Crippen LogP contribution in [0.15, 0.2) is 10.5 Å². The van der Waals surface area contributed by atoms with Crippen molar-refractivity contribution in [3.8, 4) is 0 Å². The number of hydrogen-bond acceptors (Lipinski definition) is 3. The molecule has 4 nitrogen and oxygen atoms in total. The summed E-state index contributed by atoms with van der Waals surface area (Å²) >= 11 is 5.02. The summed E-state index contributed by atoms with van der Waals surface area (Å²) in [6.45, 7) is 1.79. The fourth-order valence-electron chi connectivity index (χ4n) is 0.670. The highest BCUT2D eigenvalue weighted by molar-refractivity contribution is 14.1. The summed E-state index contributed by atoms with van der Waals surface area (Å²) in [5, 5.41) is 10.4. The molecule has 0 amide bonds. The van der Waals surface area contributed by atoms with Gasteiger partial charge in [0.2, 0.25) is 0 Å². The van der Waals surface area contributed by atoms with E-state index in [2.05, 4.69) is 20.9 Å². The van der Waals surface area contributed by atoms with Gasteiger partial charge in [0.1, 0.15) is 0 Å². The Morgan fingerprint density at radius 3 is 2.83 bits per heavy atom. The molecule has 0 saturated heterocycles. The number of aromatic nitrogens is 1. The van der Waals surface area contributed by atoms with Gasteiger partial charge in [0.25, 0.3) is 0 Å². The van der Waals surface area contributed by atoms with Gasteiger partial charge in [0.05, 0.1) is 10.6 Å². The van der Waals surface area contributed by atoms with Crippen LogP contribution in [0, 0.1) is 20.7 Å². The van der Waals surface area contributed by atoms with Gasteiger partial charge in [0, 0.05) is 10.5 Å². The quantitative estimate of drug-likeness (QED) is 0.341. The van der Waals surface area contributed by atoms with Crippen LogP contribution in [0.5, 0.6) is 0 Å². The lowest BCUT2D eigenvalue weighted by molar-refractivity contribution is -0.386. The Bertz CT molecular complexity index is 343. The highest BCUT2D eigenvalue weighted by Crippen LogP contribution is 2.24. The number of hydrogen-bond donors (Lipinski definition) is 0. The lowest BCUT2D eigenvalue weighted by Crippen LogP contribution is -1.96. The topological polar surface area (TPSA) is 56.0 Å². The third kappa shape index (κ3) is 1.92. The van der Waals surface area contributed by atoms with E-state index in [1.54, 1.807) is 6.92 Å². The highest BCUT2D eigenvalue weighted by atomic mass is 127. The summed E-state index contributed by atoms with van der Waals surface area (Å²) in [5.41, 5.74) is 0.790. The van der Waals surface area contributed by atoms with E-state index >= 15 is 0 Å². The SMILES string of the molecule is Cc1nc(I)c([N+](=O)[O-])cc1Br. The summed E-state index contributed by atoms with van der Waals surface area (Å²) in [7, 11) is 0. The van der Waals surface area contributed by atoms with E-state index < -0.39 is 4.92 Å². The van der Waals surface area contributed by atoms with Crippen LogP contribution in [0.1, 0.15) is 5.69 Å². The molecule has 0 aliphatic carbocycles. The summed E-state index contributed by atoms with van der Waals surface area (Å²) in [6, 6.07) is 1.46. The van der Waals surface area contributed by atoms with Gasteiger partial charge in [-0.05, 0) is 45.4 Å². The first kappa shape index (κ1) is 9.85. The van der Waals surface area contributed by atoms with Crippen LogP contribution in [0.3, 0.4) is 0 Å². The molecular weight excluding hydrogens is 339 g/mol. The van der Waals surface area contributed by atoms with Crippen molar-refractivity contribution in [3.63, 3.8) is 0 Å². The minimum Gasteiger partial charge on any atom is -0.258 e. The predicted molar refractivity (Wildman–Crippen MR) is 56.0 cm³/mol. The Balaban J connectivity index is 3.33. The Kier molecular flexibility index (Phi) is 2.99. The molecule has 0 saturated carbocycles. The number of nitrogens with zero attached hydrogens (tertiary/aromatic N) is 2. The van der Waals surface area contributed by atoms with Gasteiger partial charge in [-0.3, -0.25) is 10.1 Å². The molecule has 0 spiro atoms. The number of halogens is 2. The fraction of sp³-hybridized carbons (Fsp3) is 0.167. The molecule has 0 aliphatic rings. The van der Waals surface area contributed by atoms with Gasteiger partial charge in [-0.25, -0.2) is 4.98 Å². The summed E-state index contributed by atoms with van der Waals surface area (Å²) in [6.07, 6.45) is 0. The second-order valence-corrected chi connectivity index (χ2v) is 4.00. The lowest BCUT2D eigenvalue weighted by Gasteiger charge is -1.98. The Hall–Kier alpha value is -0.240. The zero-order valence-electron chi connectivity index (χ0n) is 6.04. The molecule has 0 aliphatic heterocycles. The molecule has 0 radical (unpaired) electrons. The minimum atomic E-state index is -0.445. The van der Waals surface area contributed by atoms with E-state index in [4.69, 9.17) is 0 Å². The zero-order valence-corrected chi connectivity index (χ0v) is 9.79. The predicted octanol–water partition coefficient (Wildman–Crippen LogP) is 2.67. The van der Waals surface area contributed by atoms with Gasteiger partial charge in [0.15, 0.2) is 3.70 Å². The van der Waals surface area contributed by atoms with Gasteiger partial charge >= 0.3 is 5.69 Å². The van der Waals surface area contributed by atoms with Crippen LogP contribution in [-0.2, 0) is 0 Å². The minimum absolute atomic E-state index is 0.0353. The second-order valence-electron chi connectivity index (χ2n) is 2.12. The Morgan fingerprint density at radius 1 is 1.75 bits per heavy atom. The van der Waals surface area contributed by atoms with E-state index in [1.807, 2.05) is 22.6 Å². The average molecular weight is 343 g/mol. The maximum Gasteiger partial charge on any atom is 0.302 e. The molecule has 1 aromatic heterocycles. The zero-order chi connectivity index (χ0) is 9.30. The van der Waals surface area contributed by atoms with Crippen molar-refractivity contribution in [2.24, 2.45) is 0 Å². The van der Waals surface area contributed by atoms with Crippen molar-refractivity contribution in [2.75, 3.05) is 0 Å². The number of pyridine rings is 1. The fourth-order valence-corrected chi connectivity index (χ4v) is 1.69. The summed E-state index contributed by atoms with van der Waals surface area (Å²) < 4.78 is 1.08. The van der Waals surface area contributed by atoms with Crippen LogP contribution in [0.2, 0.25) is 0 Å². The summed E-state index contributed by atoms with van der Waals surface area (Å²) in [4.78, 5) is 14.0. The first-order valence-corrected chi connectivity index (χ1v) is 4.86. The third-order valence-corrected chi connectivity index (χ3v) is 2.88. The second kappa shape index (κ2) is 3.65. The molecular formula is C6H4BrIN2O2. The molecule has 0 atom stereocenters. The van der Waals surface area contributed by atoms with E-state index in [1.165, 1.54) is 6.07 Å². The first-order chi connectivity index (χ1) is 5.52. The van der Waals surface area contributed by atoms with Gasteiger partial charge in [-0.1, -0.05) is 0 Å². The first-order valence-electron chi connectivity index (χ1n) is 2.99. The van der Waals surface area contributed by atoms with Crippen LogP contribution < -0.4 is 0 Å². The van der Waals surface area contributed by atoms with Crippen molar-refractivity contribution in [3.05, 3.63) is 30.0 Å². The molecule has 1 aromatic rings.